The number of pyridine rings is 1. The van der Waals surface area contributed by atoms with Crippen molar-refractivity contribution in [1.29, 1.82) is 0 Å². The third kappa shape index (κ3) is 2.02. The standard InChI is InChI=1S/C16H13N3O2/c20-16-13-9-21-6-5-14(13)18-15(19-16)12-8-17-7-10-3-1-2-4-11(10)12/h1-4,7-8H,5-6,9H2,(H,18,19,20). The molecule has 1 aromatic carbocycles. The van der Waals surface area contributed by atoms with Crippen molar-refractivity contribution in [2.45, 2.75) is 13.0 Å². The van der Waals surface area contributed by atoms with E-state index in [0.29, 0.717) is 31.0 Å². The fourth-order valence-electron chi connectivity index (χ4n) is 2.68. The van der Waals surface area contributed by atoms with Crippen LogP contribution in [-0.2, 0) is 17.8 Å². The number of rotatable bonds is 1. The second kappa shape index (κ2) is 4.79. The molecule has 0 atom stereocenters. The zero-order valence-corrected chi connectivity index (χ0v) is 11.3. The highest BCUT2D eigenvalue weighted by Crippen LogP contribution is 2.25. The van der Waals surface area contributed by atoms with Crippen molar-refractivity contribution in [3.05, 3.63) is 58.3 Å². The predicted octanol–water partition coefficient (Wildman–Crippen LogP) is 2.06. The smallest absolute Gasteiger partial charge is 0.256 e. The van der Waals surface area contributed by atoms with Crippen LogP contribution in [0.4, 0.5) is 0 Å². The highest BCUT2D eigenvalue weighted by Gasteiger charge is 2.17. The Balaban J connectivity index is 1.97. The molecule has 0 aliphatic carbocycles. The predicted molar refractivity (Wildman–Crippen MR) is 79.0 cm³/mol. The van der Waals surface area contributed by atoms with Crippen molar-refractivity contribution < 1.29 is 4.74 Å². The van der Waals surface area contributed by atoms with Gasteiger partial charge in [-0.15, -0.1) is 0 Å². The van der Waals surface area contributed by atoms with E-state index in [1.54, 1.807) is 6.20 Å². The minimum Gasteiger partial charge on any atom is -0.376 e. The van der Waals surface area contributed by atoms with E-state index in [9.17, 15) is 4.79 Å². The van der Waals surface area contributed by atoms with E-state index in [2.05, 4.69) is 15.0 Å². The molecule has 0 unspecified atom stereocenters. The molecule has 5 heteroatoms. The van der Waals surface area contributed by atoms with Crippen LogP contribution in [0.3, 0.4) is 0 Å². The Labute approximate surface area is 120 Å². The Morgan fingerprint density at radius 2 is 2.10 bits per heavy atom. The molecule has 0 amide bonds. The van der Waals surface area contributed by atoms with Crippen molar-refractivity contribution in [3.8, 4) is 11.4 Å². The van der Waals surface area contributed by atoms with Gasteiger partial charge in [-0.3, -0.25) is 9.78 Å². The van der Waals surface area contributed by atoms with Gasteiger partial charge in [0, 0.05) is 29.8 Å². The molecule has 4 rings (SSSR count). The van der Waals surface area contributed by atoms with Crippen molar-refractivity contribution in [1.82, 2.24) is 15.0 Å². The van der Waals surface area contributed by atoms with Gasteiger partial charge in [0.1, 0.15) is 5.82 Å². The average molecular weight is 279 g/mol. The van der Waals surface area contributed by atoms with Crippen LogP contribution in [0.5, 0.6) is 0 Å². The summed E-state index contributed by atoms with van der Waals surface area (Å²) < 4.78 is 5.32. The summed E-state index contributed by atoms with van der Waals surface area (Å²) in [7, 11) is 0. The lowest BCUT2D eigenvalue weighted by Gasteiger charge is -2.15. The number of H-pyrrole nitrogens is 1. The Bertz CT molecular complexity index is 881. The molecular formula is C16H13N3O2. The van der Waals surface area contributed by atoms with Gasteiger partial charge in [-0.2, -0.15) is 0 Å². The molecule has 0 saturated carbocycles. The lowest BCUT2D eigenvalue weighted by atomic mass is 10.1. The second-order valence-corrected chi connectivity index (χ2v) is 5.05. The SMILES string of the molecule is O=c1[nH]c(-c2cncc3ccccc23)nc2c1COCC2. The van der Waals surface area contributed by atoms with Gasteiger partial charge >= 0.3 is 0 Å². The van der Waals surface area contributed by atoms with Gasteiger partial charge in [-0.25, -0.2) is 4.98 Å². The summed E-state index contributed by atoms with van der Waals surface area (Å²) in [6.07, 6.45) is 4.22. The molecule has 3 heterocycles. The van der Waals surface area contributed by atoms with Gasteiger partial charge in [0.15, 0.2) is 0 Å². The second-order valence-electron chi connectivity index (χ2n) is 5.05. The van der Waals surface area contributed by atoms with Crippen LogP contribution in [0.1, 0.15) is 11.3 Å². The first-order valence-electron chi connectivity index (χ1n) is 6.86. The largest absolute Gasteiger partial charge is 0.376 e. The number of nitrogens with one attached hydrogen (secondary N) is 1. The Hall–Kier alpha value is -2.53. The van der Waals surface area contributed by atoms with Crippen LogP contribution in [0.2, 0.25) is 0 Å². The topological polar surface area (TPSA) is 67.9 Å². The number of aromatic nitrogens is 3. The van der Waals surface area contributed by atoms with Crippen LogP contribution < -0.4 is 5.56 Å². The molecule has 2 aromatic heterocycles. The van der Waals surface area contributed by atoms with Gasteiger partial charge in [-0.05, 0) is 5.39 Å². The van der Waals surface area contributed by atoms with Gasteiger partial charge < -0.3 is 9.72 Å². The third-order valence-corrected chi connectivity index (χ3v) is 3.75. The first-order chi connectivity index (χ1) is 10.3. The van der Waals surface area contributed by atoms with E-state index in [1.807, 2.05) is 30.5 Å². The summed E-state index contributed by atoms with van der Waals surface area (Å²) in [5.74, 6) is 0.574. The maximum absolute atomic E-state index is 12.2. The van der Waals surface area contributed by atoms with Crippen molar-refractivity contribution in [3.63, 3.8) is 0 Å². The normalized spacial score (nSPS) is 14.1. The molecular weight excluding hydrogens is 266 g/mol. The van der Waals surface area contributed by atoms with Gasteiger partial charge in [0.2, 0.25) is 0 Å². The van der Waals surface area contributed by atoms with Gasteiger partial charge in [0.05, 0.1) is 24.5 Å². The number of hydrogen-bond acceptors (Lipinski definition) is 4. The lowest BCUT2D eigenvalue weighted by molar-refractivity contribution is 0.108. The van der Waals surface area contributed by atoms with Gasteiger partial charge in [0.25, 0.3) is 5.56 Å². The lowest BCUT2D eigenvalue weighted by Crippen LogP contribution is -2.24. The van der Waals surface area contributed by atoms with Crippen LogP contribution in [0, 0.1) is 0 Å². The first-order valence-corrected chi connectivity index (χ1v) is 6.86. The van der Waals surface area contributed by atoms with Crippen molar-refractivity contribution in [2.75, 3.05) is 6.61 Å². The minimum atomic E-state index is -0.123. The highest BCUT2D eigenvalue weighted by atomic mass is 16.5. The van der Waals surface area contributed by atoms with Crippen molar-refractivity contribution in [2.24, 2.45) is 0 Å². The summed E-state index contributed by atoms with van der Waals surface area (Å²) in [6, 6.07) is 7.94. The number of benzene rings is 1. The van der Waals surface area contributed by atoms with Crippen LogP contribution in [0.25, 0.3) is 22.2 Å². The summed E-state index contributed by atoms with van der Waals surface area (Å²) in [5, 5.41) is 2.06. The van der Waals surface area contributed by atoms with E-state index in [-0.39, 0.29) is 5.56 Å². The summed E-state index contributed by atoms with van der Waals surface area (Å²) in [5.41, 5.74) is 2.19. The fourth-order valence-corrected chi connectivity index (χ4v) is 2.68. The molecule has 1 N–H and O–H groups in total. The maximum Gasteiger partial charge on any atom is 0.256 e. The molecule has 1 aliphatic rings. The molecule has 104 valence electrons. The molecule has 5 nitrogen and oxygen atoms in total. The van der Waals surface area contributed by atoms with E-state index in [4.69, 9.17) is 4.74 Å². The molecule has 0 radical (unpaired) electrons. The third-order valence-electron chi connectivity index (χ3n) is 3.75. The summed E-state index contributed by atoms with van der Waals surface area (Å²) >= 11 is 0. The summed E-state index contributed by atoms with van der Waals surface area (Å²) in [6.45, 7) is 0.947. The number of nitrogens with zero attached hydrogens (tertiary/aromatic N) is 2. The highest BCUT2D eigenvalue weighted by molar-refractivity contribution is 5.94. The summed E-state index contributed by atoms with van der Waals surface area (Å²) in [4.78, 5) is 23.9. The number of ether oxygens (including phenoxy) is 1. The Morgan fingerprint density at radius 3 is 3.05 bits per heavy atom. The van der Waals surface area contributed by atoms with Gasteiger partial charge in [-0.1, -0.05) is 24.3 Å². The fraction of sp³-hybridized carbons (Fsp3) is 0.188. The molecule has 21 heavy (non-hydrogen) atoms. The van der Waals surface area contributed by atoms with Crippen LogP contribution >= 0.6 is 0 Å². The van der Waals surface area contributed by atoms with E-state index < -0.39 is 0 Å². The molecule has 0 bridgehead atoms. The zero-order valence-electron chi connectivity index (χ0n) is 11.3. The van der Waals surface area contributed by atoms with E-state index in [0.717, 1.165) is 22.0 Å². The molecule has 0 fully saturated rings. The maximum atomic E-state index is 12.2. The Morgan fingerprint density at radius 1 is 1.19 bits per heavy atom. The van der Waals surface area contributed by atoms with Crippen LogP contribution in [-0.4, -0.2) is 21.6 Å². The molecule has 1 aliphatic heterocycles. The minimum absolute atomic E-state index is 0.123. The number of hydrogen-bond donors (Lipinski definition) is 1. The number of aromatic amines is 1. The van der Waals surface area contributed by atoms with Crippen LogP contribution in [0.15, 0.2) is 41.5 Å². The Kier molecular flexibility index (Phi) is 2.79. The monoisotopic (exact) mass is 279 g/mol. The average Bonchev–Trinajstić information content (AvgIpc) is 2.54. The first kappa shape index (κ1) is 12.2. The van der Waals surface area contributed by atoms with E-state index >= 15 is 0 Å². The molecule has 3 aromatic rings. The molecule has 0 saturated heterocycles. The van der Waals surface area contributed by atoms with Crippen molar-refractivity contribution >= 4 is 10.8 Å². The number of fused-ring (bicyclic) bond motifs is 2. The zero-order chi connectivity index (χ0) is 14.2. The quantitative estimate of drug-likeness (QED) is 0.740. The molecule has 0 spiro atoms. The van der Waals surface area contributed by atoms with E-state index in [1.165, 1.54) is 0 Å².